The zero-order valence-electron chi connectivity index (χ0n) is 12.3. The molecule has 0 amide bonds. The molecule has 1 fully saturated rings. The second kappa shape index (κ2) is 6.40. The maximum Gasteiger partial charge on any atom is 0.0807 e. The maximum atomic E-state index is 10.1. The third-order valence-corrected chi connectivity index (χ3v) is 4.22. The molecule has 1 saturated heterocycles. The number of aliphatic hydroxyl groups excluding tert-OH is 1. The van der Waals surface area contributed by atoms with Crippen LogP contribution in [0.5, 0.6) is 0 Å². The molecule has 0 saturated carbocycles. The van der Waals surface area contributed by atoms with Crippen molar-refractivity contribution in [1.29, 1.82) is 0 Å². The highest BCUT2D eigenvalue weighted by molar-refractivity contribution is 5.55. The molecule has 1 heterocycles. The minimum Gasteiger partial charge on any atom is -0.388 e. The van der Waals surface area contributed by atoms with Gasteiger partial charge in [-0.2, -0.15) is 0 Å². The molecule has 2 rings (SSSR count). The lowest BCUT2D eigenvalue weighted by Crippen LogP contribution is -2.42. The Balaban J connectivity index is 2.11. The van der Waals surface area contributed by atoms with Crippen LogP contribution in [0.1, 0.15) is 37.9 Å². The van der Waals surface area contributed by atoms with Crippen LogP contribution in [0, 0.1) is 0 Å². The smallest absolute Gasteiger partial charge is 0.0807 e. The van der Waals surface area contributed by atoms with E-state index in [0.29, 0.717) is 6.04 Å². The molecule has 0 aliphatic carbocycles. The number of rotatable bonds is 4. The molecule has 0 spiro atoms. The van der Waals surface area contributed by atoms with E-state index in [4.69, 9.17) is 0 Å². The van der Waals surface area contributed by atoms with Gasteiger partial charge in [-0.05, 0) is 39.4 Å². The number of hydrogen-bond acceptors (Lipinski definition) is 3. The minimum absolute atomic E-state index is 0.345. The van der Waals surface area contributed by atoms with E-state index in [1.165, 1.54) is 18.5 Å². The Morgan fingerprint density at radius 2 is 1.89 bits per heavy atom. The van der Waals surface area contributed by atoms with Gasteiger partial charge in [-0.15, -0.1) is 0 Å². The standard InChI is InChI=1S/C16H26N2O/c1-4-16(19)14-7-5-6-8-15(14)18-11-9-13(10-12-18)17(2)3/h5-8,13,16,19H,4,9-12H2,1-3H3/t16-/m0/s1. The Kier molecular flexibility index (Phi) is 4.83. The number of benzene rings is 1. The Labute approximate surface area is 116 Å². The lowest BCUT2D eigenvalue weighted by Gasteiger charge is -2.37. The molecule has 0 bridgehead atoms. The molecule has 0 aromatic heterocycles. The van der Waals surface area contributed by atoms with E-state index in [1.54, 1.807) is 0 Å². The average molecular weight is 262 g/mol. The molecule has 1 aromatic carbocycles. The fourth-order valence-electron chi connectivity index (χ4n) is 2.90. The van der Waals surface area contributed by atoms with Crippen molar-refractivity contribution in [2.75, 3.05) is 32.1 Å². The van der Waals surface area contributed by atoms with Crippen LogP contribution in [-0.4, -0.2) is 43.2 Å². The van der Waals surface area contributed by atoms with Gasteiger partial charge in [0.1, 0.15) is 0 Å². The molecule has 1 atom stereocenters. The highest BCUT2D eigenvalue weighted by Gasteiger charge is 2.23. The first-order chi connectivity index (χ1) is 9.13. The highest BCUT2D eigenvalue weighted by Crippen LogP contribution is 2.30. The normalized spacial score (nSPS) is 18.9. The van der Waals surface area contributed by atoms with E-state index in [0.717, 1.165) is 25.1 Å². The van der Waals surface area contributed by atoms with Crippen molar-refractivity contribution in [3.8, 4) is 0 Å². The lowest BCUT2D eigenvalue weighted by atomic mass is 9.99. The fourth-order valence-corrected chi connectivity index (χ4v) is 2.90. The number of aliphatic hydroxyl groups is 1. The summed E-state index contributed by atoms with van der Waals surface area (Å²) < 4.78 is 0. The number of piperidine rings is 1. The first-order valence-corrected chi connectivity index (χ1v) is 7.31. The van der Waals surface area contributed by atoms with Crippen molar-refractivity contribution in [2.24, 2.45) is 0 Å². The molecule has 1 aliphatic rings. The van der Waals surface area contributed by atoms with Crippen molar-refractivity contribution in [3.05, 3.63) is 29.8 Å². The second-order valence-corrected chi connectivity index (χ2v) is 5.66. The van der Waals surface area contributed by atoms with Crippen LogP contribution in [0.25, 0.3) is 0 Å². The van der Waals surface area contributed by atoms with Gasteiger partial charge in [0, 0.05) is 30.4 Å². The van der Waals surface area contributed by atoms with E-state index >= 15 is 0 Å². The van der Waals surface area contributed by atoms with Crippen molar-refractivity contribution >= 4 is 5.69 Å². The van der Waals surface area contributed by atoms with Crippen LogP contribution in [-0.2, 0) is 0 Å². The van der Waals surface area contributed by atoms with Gasteiger partial charge >= 0.3 is 0 Å². The molecular weight excluding hydrogens is 236 g/mol. The van der Waals surface area contributed by atoms with E-state index < -0.39 is 0 Å². The minimum atomic E-state index is -0.345. The molecule has 1 aliphatic heterocycles. The zero-order chi connectivity index (χ0) is 13.8. The molecule has 1 aromatic rings. The molecule has 106 valence electrons. The van der Waals surface area contributed by atoms with Gasteiger partial charge in [-0.1, -0.05) is 25.1 Å². The topological polar surface area (TPSA) is 26.7 Å². The molecule has 3 nitrogen and oxygen atoms in total. The first kappa shape index (κ1) is 14.4. The monoisotopic (exact) mass is 262 g/mol. The quantitative estimate of drug-likeness (QED) is 0.903. The summed E-state index contributed by atoms with van der Waals surface area (Å²) in [5.41, 5.74) is 2.29. The average Bonchev–Trinajstić information content (AvgIpc) is 2.46. The highest BCUT2D eigenvalue weighted by atomic mass is 16.3. The van der Waals surface area contributed by atoms with Crippen LogP contribution in [0.3, 0.4) is 0 Å². The van der Waals surface area contributed by atoms with Gasteiger partial charge in [0.25, 0.3) is 0 Å². The Morgan fingerprint density at radius 3 is 2.47 bits per heavy atom. The summed E-state index contributed by atoms with van der Waals surface area (Å²) in [4.78, 5) is 4.75. The SMILES string of the molecule is CC[C@H](O)c1ccccc1N1CCC(N(C)C)CC1. The Morgan fingerprint density at radius 1 is 1.26 bits per heavy atom. The number of nitrogens with zero attached hydrogens (tertiary/aromatic N) is 2. The van der Waals surface area contributed by atoms with E-state index in [2.05, 4.69) is 42.1 Å². The van der Waals surface area contributed by atoms with Crippen LogP contribution in [0.15, 0.2) is 24.3 Å². The van der Waals surface area contributed by atoms with Gasteiger partial charge in [0.15, 0.2) is 0 Å². The summed E-state index contributed by atoms with van der Waals surface area (Å²) >= 11 is 0. The summed E-state index contributed by atoms with van der Waals surface area (Å²) in [6.45, 7) is 4.19. The number of hydrogen-bond donors (Lipinski definition) is 1. The summed E-state index contributed by atoms with van der Waals surface area (Å²) in [7, 11) is 4.32. The predicted octanol–water partition coefficient (Wildman–Crippen LogP) is 2.66. The maximum absolute atomic E-state index is 10.1. The van der Waals surface area contributed by atoms with Crippen LogP contribution in [0.2, 0.25) is 0 Å². The van der Waals surface area contributed by atoms with Gasteiger partial charge in [-0.25, -0.2) is 0 Å². The van der Waals surface area contributed by atoms with Crippen molar-refractivity contribution in [1.82, 2.24) is 4.90 Å². The predicted molar refractivity (Wildman–Crippen MR) is 80.6 cm³/mol. The Bertz CT molecular complexity index is 397. The summed E-state index contributed by atoms with van der Waals surface area (Å²) in [6.07, 6.45) is 2.82. The number of para-hydroxylation sites is 1. The van der Waals surface area contributed by atoms with E-state index in [9.17, 15) is 5.11 Å². The van der Waals surface area contributed by atoms with Gasteiger partial charge in [0.05, 0.1) is 6.10 Å². The van der Waals surface area contributed by atoms with Gasteiger partial charge in [-0.3, -0.25) is 0 Å². The molecule has 0 radical (unpaired) electrons. The molecule has 3 heteroatoms. The zero-order valence-corrected chi connectivity index (χ0v) is 12.3. The molecule has 1 N–H and O–H groups in total. The molecule has 0 unspecified atom stereocenters. The first-order valence-electron chi connectivity index (χ1n) is 7.31. The van der Waals surface area contributed by atoms with Crippen LogP contribution < -0.4 is 4.90 Å². The summed E-state index contributed by atoms with van der Waals surface area (Å²) in [6, 6.07) is 8.98. The fraction of sp³-hybridized carbons (Fsp3) is 0.625. The van der Waals surface area contributed by atoms with Crippen molar-refractivity contribution in [3.63, 3.8) is 0 Å². The third kappa shape index (κ3) is 3.28. The van der Waals surface area contributed by atoms with Crippen LogP contribution >= 0.6 is 0 Å². The van der Waals surface area contributed by atoms with Crippen molar-refractivity contribution in [2.45, 2.75) is 38.3 Å². The Hall–Kier alpha value is -1.06. The van der Waals surface area contributed by atoms with E-state index in [1.807, 2.05) is 13.0 Å². The van der Waals surface area contributed by atoms with Gasteiger partial charge < -0.3 is 14.9 Å². The molecular formula is C16H26N2O. The third-order valence-electron chi connectivity index (χ3n) is 4.22. The van der Waals surface area contributed by atoms with Crippen molar-refractivity contribution < 1.29 is 5.11 Å². The molecule has 19 heavy (non-hydrogen) atoms. The van der Waals surface area contributed by atoms with Gasteiger partial charge in [0.2, 0.25) is 0 Å². The van der Waals surface area contributed by atoms with Crippen LogP contribution in [0.4, 0.5) is 5.69 Å². The lowest BCUT2D eigenvalue weighted by molar-refractivity contribution is 0.173. The van der Waals surface area contributed by atoms with E-state index in [-0.39, 0.29) is 6.10 Å². The summed E-state index contributed by atoms with van der Waals surface area (Å²) in [5.74, 6) is 0. The largest absolute Gasteiger partial charge is 0.388 e. The summed E-state index contributed by atoms with van der Waals surface area (Å²) in [5, 5.41) is 10.1. The number of anilines is 1. The second-order valence-electron chi connectivity index (χ2n) is 5.66.